The minimum Gasteiger partial charge on any atom is -0.489 e. The summed E-state index contributed by atoms with van der Waals surface area (Å²) in [6.45, 7) is 3.73. The topological polar surface area (TPSA) is 85.3 Å². The Hall–Kier alpha value is -1.90. The lowest BCUT2D eigenvalue weighted by Crippen LogP contribution is -2.11. The number of hydrogen-bond acceptors (Lipinski definition) is 8. The van der Waals surface area contributed by atoms with Crippen LogP contribution in [0.5, 0.6) is 11.5 Å². The summed E-state index contributed by atoms with van der Waals surface area (Å²) in [5.74, 6) is 1.20. The van der Waals surface area contributed by atoms with Crippen molar-refractivity contribution >= 4 is 6.47 Å². The maximum atomic E-state index is 9.92. The molecule has 8 heteroatoms. The molecule has 0 bridgehead atoms. The van der Waals surface area contributed by atoms with Gasteiger partial charge in [-0.3, -0.25) is 9.78 Å². The second-order valence-corrected chi connectivity index (χ2v) is 4.24. The Labute approximate surface area is 135 Å². The normalized spacial score (nSPS) is 10.3. The molecule has 0 unspecified atom stereocenters. The minimum absolute atomic E-state index is 0.237. The molecule has 0 saturated carbocycles. The van der Waals surface area contributed by atoms with Crippen molar-refractivity contribution < 1.29 is 33.2 Å². The lowest BCUT2D eigenvalue weighted by Gasteiger charge is -2.09. The molecule has 8 nitrogen and oxygen atoms in total. The second kappa shape index (κ2) is 13.7. The minimum atomic E-state index is 0.237. The molecule has 0 fully saturated rings. The van der Waals surface area contributed by atoms with Gasteiger partial charge in [-0.1, -0.05) is 0 Å². The van der Waals surface area contributed by atoms with Gasteiger partial charge in [0.15, 0.2) is 0 Å². The van der Waals surface area contributed by atoms with E-state index >= 15 is 0 Å². The molecule has 0 aliphatic carbocycles. The van der Waals surface area contributed by atoms with Crippen molar-refractivity contribution in [2.75, 3.05) is 60.0 Å². The van der Waals surface area contributed by atoms with E-state index in [4.69, 9.17) is 23.7 Å². The van der Waals surface area contributed by atoms with Gasteiger partial charge in [0, 0.05) is 13.2 Å². The second-order valence-electron chi connectivity index (χ2n) is 4.24. The molecule has 0 aliphatic heterocycles. The van der Waals surface area contributed by atoms with Crippen LogP contribution in [0.2, 0.25) is 0 Å². The van der Waals surface area contributed by atoms with Crippen LogP contribution in [-0.4, -0.2) is 71.4 Å². The molecule has 1 heterocycles. The van der Waals surface area contributed by atoms with Crippen molar-refractivity contribution in [1.29, 1.82) is 0 Å². The van der Waals surface area contributed by atoms with Gasteiger partial charge in [-0.15, -0.1) is 0 Å². The van der Waals surface area contributed by atoms with Crippen LogP contribution in [0.4, 0.5) is 0 Å². The van der Waals surface area contributed by atoms with Gasteiger partial charge >= 0.3 is 0 Å². The molecule has 1 rings (SSSR count). The Balaban J connectivity index is 2.11. The van der Waals surface area contributed by atoms with Gasteiger partial charge < -0.3 is 28.4 Å². The first-order valence-electron chi connectivity index (χ1n) is 7.27. The first-order valence-corrected chi connectivity index (χ1v) is 7.27. The fourth-order valence-corrected chi connectivity index (χ4v) is 1.50. The molecular formula is C15H23NO7. The van der Waals surface area contributed by atoms with Gasteiger partial charge in [-0.05, 0) is 0 Å². The number of hydrogen-bond donors (Lipinski definition) is 0. The lowest BCUT2D eigenvalue weighted by molar-refractivity contribution is -0.130. The van der Waals surface area contributed by atoms with Crippen LogP contribution in [0.3, 0.4) is 0 Å². The van der Waals surface area contributed by atoms with E-state index in [2.05, 4.69) is 9.72 Å². The average Bonchev–Trinajstić information content (AvgIpc) is 2.57. The summed E-state index contributed by atoms with van der Waals surface area (Å²) >= 11 is 0. The number of carbonyl (C=O) groups excluding carboxylic acids is 1. The SMILES string of the molecule is COCCOCCOc1cncc(OCCOCCOC=O)c1. The van der Waals surface area contributed by atoms with Gasteiger partial charge in [-0.2, -0.15) is 0 Å². The molecule has 0 aromatic carbocycles. The highest BCUT2D eigenvalue weighted by Gasteiger charge is 2.00. The number of rotatable bonds is 15. The van der Waals surface area contributed by atoms with Gasteiger partial charge in [0.2, 0.25) is 0 Å². The standard InChI is InChI=1S/C15H23NO7/c1-18-2-3-19-6-8-22-14-10-15(12-16-11-14)23-9-7-20-4-5-21-13-17/h10-13H,2-9H2,1H3. The van der Waals surface area contributed by atoms with E-state index in [9.17, 15) is 4.79 Å². The Kier molecular flexibility index (Phi) is 11.4. The number of ether oxygens (including phenoxy) is 6. The number of nitrogens with zero attached hydrogens (tertiary/aromatic N) is 1. The van der Waals surface area contributed by atoms with Crippen molar-refractivity contribution in [2.24, 2.45) is 0 Å². The summed E-state index contributed by atoms with van der Waals surface area (Å²) < 4.78 is 30.9. The van der Waals surface area contributed by atoms with Gasteiger partial charge in [-0.25, -0.2) is 0 Å². The zero-order valence-electron chi connectivity index (χ0n) is 13.3. The van der Waals surface area contributed by atoms with Crippen molar-refractivity contribution in [2.45, 2.75) is 0 Å². The molecular weight excluding hydrogens is 306 g/mol. The summed E-state index contributed by atoms with van der Waals surface area (Å²) in [6, 6.07) is 1.75. The molecule has 1 aromatic rings. The fourth-order valence-electron chi connectivity index (χ4n) is 1.50. The van der Waals surface area contributed by atoms with Crippen LogP contribution in [0.1, 0.15) is 0 Å². The Morgan fingerprint density at radius 2 is 1.43 bits per heavy atom. The van der Waals surface area contributed by atoms with E-state index < -0.39 is 0 Å². The molecule has 1 aromatic heterocycles. The van der Waals surface area contributed by atoms with Crippen molar-refractivity contribution in [3.05, 3.63) is 18.5 Å². The Morgan fingerprint density at radius 3 is 2.00 bits per heavy atom. The summed E-state index contributed by atoms with van der Waals surface area (Å²) in [5, 5.41) is 0. The Morgan fingerprint density at radius 1 is 0.870 bits per heavy atom. The van der Waals surface area contributed by atoms with E-state index in [1.807, 2.05) is 0 Å². The maximum Gasteiger partial charge on any atom is 0.293 e. The van der Waals surface area contributed by atoms with E-state index in [0.717, 1.165) is 0 Å². The van der Waals surface area contributed by atoms with Crippen LogP contribution < -0.4 is 9.47 Å². The predicted octanol–water partition coefficient (Wildman–Crippen LogP) is 0.692. The van der Waals surface area contributed by atoms with E-state index in [-0.39, 0.29) is 6.61 Å². The van der Waals surface area contributed by atoms with Gasteiger partial charge in [0.05, 0.1) is 45.4 Å². The highest BCUT2D eigenvalue weighted by Crippen LogP contribution is 2.17. The third-order valence-corrected chi connectivity index (χ3v) is 2.53. The molecule has 0 N–H and O–H groups in total. The van der Waals surface area contributed by atoms with Crippen LogP contribution in [0.15, 0.2) is 18.5 Å². The van der Waals surface area contributed by atoms with Crippen LogP contribution in [0.25, 0.3) is 0 Å². The summed E-state index contributed by atoms with van der Waals surface area (Å²) in [7, 11) is 1.63. The molecule has 0 amide bonds. The zero-order chi connectivity index (χ0) is 16.6. The number of pyridine rings is 1. The third kappa shape index (κ3) is 10.5. The van der Waals surface area contributed by atoms with E-state index in [0.29, 0.717) is 64.2 Å². The van der Waals surface area contributed by atoms with Gasteiger partial charge in [0.25, 0.3) is 6.47 Å². The van der Waals surface area contributed by atoms with Crippen LogP contribution in [-0.2, 0) is 23.7 Å². The molecule has 0 atom stereocenters. The maximum absolute atomic E-state index is 9.92. The largest absolute Gasteiger partial charge is 0.489 e. The first-order chi connectivity index (χ1) is 11.4. The van der Waals surface area contributed by atoms with Crippen molar-refractivity contribution in [3.63, 3.8) is 0 Å². The zero-order valence-corrected chi connectivity index (χ0v) is 13.3. The van der Waals surface area contributed by atoms with Crippen molar-refractivity contribution in [1.82, 2.24) is 4.98 Å². The predicted molar refractivity (Wildman–Crippen MR) is 80.8 cm³/mol. The van der Waals surface area contributed by atoms with Crippen LogP contribution >= 0.6 is 0 Å². The number of carbonyl (C=O) groups is 1. The van der Waals surface area contributed by atoms with Crippen molar-refractivity contribution in [3.8, 4) is 11.5 Å². The summed E-state index contributed by atoms with van der Waals surface area (Å²) in [4.78, 5) is 14.0. The van der Waals surface area contributed by atoms with Crippen LogP contribution in [0, 0.1) is 0 Å². The van der Waals surface area contributed by atoms with E-state index in [1.165, 1.54) is 0 Å². The molecule has 0 saturated heterocycles. The molecule has 130 valence electrons. The number of aromatic nitrogens is 1. The molecule has 0 radical (unpaired) electrons. The molecule has 23 heavy (non-hydrogen) atoms. The summed E-state index contributed by atoms with van der Waals surface area (Å²) in [6.07, 6.45) is 3.20. The Bertz CT molecular complexity index is 417. The smallest absolute Gasteiger partial charge is 0.293 e. The van der Waals surface area contributed by atoms with E-state index in [1.54, 1.807) is 25.6 Å². The summed E-state index contributed by atoms with van der Waals surface area (Å²) in [5.41, 5.74) is 0. The molecule has 0 spiro atoms. The first kappa shape index (κ1) is 19.1. The highest BCUT2D eigenvalue weighted by molar-refractivity contribution is 5.36. The number of methoxy groups -OCH3 is 1. The highest BCUT2D eigenvalue weighted by atomic mass is 16.6. The quantitative estimate of drug-likeness (QED) is 0.343. The average molecular weight is 329 g/mol. The monoisotopic (exact) mass is 329 g/mol. The lowest BCUT2D eigenvalue weighted by atomic mass is 10.4. The molecule has 0 aliphatic rings. The van der Waals surface area contributed by atoms with Gasteiger partial charge in [0.1, 0.15) is 31.3 Å². The fraction of sp³-hybridized carbons (Fsp3) is 0.600. The third-order valence-electron chi connectivity index (χ3n) is 2.53.